The molecule has 194 valence electrons. The summed E-state index contributed by atoms with van der Waals surface area (Å²) >= 11 is 0. The minimum Gasteiger partial charge on any atom is -0.444 e. The van der Waals surface area contributed by atoms with Gasteiger partial charge in [0.25, 0.3) is 5.69 Å². The molecule has 1 aromatic heterocycles. The normalized spacial score (nSPS) is 12.4. The maximum atomic E-state index is 13.1. The number of carbonyl (C=O) groups is 2. The molecule has 1 atom stereocenters. The van der Waals surface area contributed by atoms with Crippen LogP contribution >= 0.6 is 0 Å². The number of ether oxygens (including phenoxy) is 2. The van der Waals surface area contributed by atoms with Crippen LogP contribution in [-0.2, 0) is 20.9 Å². The van der Waals surface area contributed by atoms with Gasteiger partial charge in [-0.2, -0.15) is 0 Å². The van der Waals surface area contributed by atoms with E-state index in [0.717, 1.165) is 22.4 Å². The number of carbonyl (C=O) groups excluding carboxylic acids is 2. The van der Waals surface area contributed by atoms with E-state index in [9.17, 15) is 19.7 Å². The molecule has 0 fully saturated rings. The number of hydrogen-bond donors (Lipinski definition) is 4. The summed E-state index contributed by atoms with van der Waals surface area (Å²) in [5.41, 5.74) is -1.85. The minimum absolute atomic E-state index is 0.170. The highest BCUT2D eigenvalue weighted by atomic mass is 16.6. The molecular formula is C24H32N6O6. The van der Waals surface area contributed by atoms with E-state index < -0.39 is 34.1 Å². The number of aromatic nitrogens is 1. The third-order valence-electron chi connectivity index (χ3n) is 4.82. The van der Waals surface area contributed by atoms with Crippen molar-refractivity contribution in [2.75, 3.05) is 6.61 Å². The van der Waals surface area contributed by atoms with Gasteiger partial charge in [-0.15, -0.1) is 0 Å². The van der Waals surface area contributed by atoms with Crippen molar-refractivity contribution in [3.05, 3.63) is 69.8 Å². The number of rotatable bonds is 9. The highest BCUT2D eigenvalue weighted by molar-refractivity contribution is 5.95. The lowest BCUT2D eigenvalue weighted by Gasteiger charge is -2.30. The van der Waals surface area contributed by atoms with E-state index in [1.807, 2.05) is 30.3 Å². The van der Waals surface area contributed by atoms with Crippen LogP contribution in [0.3, 0.4) is 0 Å². The predicted molar refractivity (Wildman–Crippen MR) is 132 cm³/mol. The van der Waals surface area contributed by atoms with E-state index in [1.54, 1.807) is 20.8 Å². The van der Waals surface area contributed by atoms with Crippen LogP contribution in [0.1, 0.15) is 40.2 Å². The lowest BCUT2D eigenvalue weighted by Crippen LogP contribution is -2.60. The van der Waals surface area contributed by atoms with Gasteiger partial charge in [0.1, 0.15) is 28.5 Å². The molecule has 36 heavy (non-hydrogen) atoms. The largest absolute Gasteiger partial charge is 0.444 e. The van der Waals surface area contributed by atoms with Crippen molar-refractivity contribution >= 4 is 23.5 Å². The molecule has 0 aliphatic heterocycles. The second kappa shape index (κ2) is 11.6. The van der Waals surface area contributed by atoms with Crippen molar-refractivity contribution in [1.82, 2.24) is 15.2 Å². The zero-order chi connectivity index (χ0) is 27.1. The molecule has 1 aromatic carbocycles. The molecule has 1 heterocycles. The first kappa shape index (κ1) is 28.2. The average Bonchev–Trinajstić information content (AvgIpc) is 2.77. The van der Waals surface area contributed by atoms with Gasteiger partial charge in [0.05, 0.1) is 24.3 Å². The second-order valence-corrected chi connectivity index (χ2v) is 9.56. The van der Waals surface area contributed by atoms with E-state index in [2.05, 4.69) is 10.6 Å². The Kier molecular flexibility index (Phi) is 9.06. The maximum Gasteiger partial charge on any atom is 0.408 e. The van der Waals surface area contributed by atoms with Crippen LogP contribution in [0, 0.1) is 20.9 Å². The summed E-state index contributed by atoms with van der Waals surface area (Å²) in [6, 6.07) is 10.5. The van der Waals surface area contributed by atoms with Crippen molar-refractivity contribution in [3.63, 3.8) is 0 Å². The fourth-order valence-electron chi connectivity index (χ4n) is 2.98. The highest BCUT2D eigenvalue weighted by Crippen LogP contribution is 2.11. The van der Waals surface area contributed by atoms with Crippen LogP contribution in [0.2, 0.25) is 0 Å². The quantitative estimate of drug-likeness (QED) is 0.178. The van der Waals surface area contributed by atoms with Crippen molar-refractivity contribution in [2.45, 2.75) is 58.4 Å². The van der Waals surface area contributed by atoms with Gasteiger partial charge in [-0.1, -0.05) is 30.3 Å². The van der Waals surface area contributed by atoms with Crippen molar-refractivity contribution < 1.29 is 24.0 Å². The fraction of sp³-hybridized carbons (Fsp3) is 0.417. The van der Waals surface area contributed by atoms with Crippen LogP contribution in [0.25, 0.3) is 0 Å². The minimum atomic E-state index is -1.43. The van der Waals surface area contributed by atoms with E-state index >= 15 is 0 Å². The summed E-state index contributed by atoms with van der Waals surface area (Å²) in [6.45, 7) is 8.02. The number of nitrogens with zero attached hydrogens (tertiary/aromatic N) is 2. The SMILES string of the molecule is CC(C)(C)OC(=O)NC(C)(C)C(=O)N[C@H](COCc1ccccc1)C(=N)n1cc([N+](=O)[O-])ccc1=N. The molecule has 0 bridgehead atoms. The summed E-state index contributed by atoms with van der Waals surface area (Å²) in [5.74, 6) is -0.970. The topological polar surface area (TPSA) is 172 Å². The summed E-state index contributed by atoms with van der Waals surface area (Å²) in [7, 11) is 0. The molecule has 12 nitrogen and oxygen atoms in total. The Bertz CT molecular complexity index is 1170. The number of pyridine rings is 1. The van der Waals surface area contributed by atoms with Gasteiger partial charge in [-0.3, -0.25) is 30.3 Å². The molecule has 0 radical (unpaired) electrons. The van der Waals surface area contributed by atoms with Gasteiger partial charge in [0.15, 0.2) is 0 Å². The Balaban J connectivity index is 2.26. The van der Waals surface area contributed by atoms with Crippen LogP contribution in [-0.4, -0.2) is 51.1 Å². The van der Waals surface area contributed by atoms with Gasteiger partial charge in [0.2, 0.25) is 5.91 Å². The highest BCUT2D eigenvalue weighted by Gasteiger charge is 2.34. The van der Waals surface area contributed by atoms with E-state index in [-0.39, 0.29) is 30.2 Å². The Hall–Kier alpha value is -4.06. The van der Waals surface area contributed by atoms with Gasteiger partial charge >= 0.3 is 6.09 Å². The van der Waals surface area contributed by atoms with E-state index in [1.165, 1.54) is 19.9 Å². The first-order valence-electron chi connectivity index (χ1n) is 11.1. The maximum absolute atomic E-state index is 13.1. The standard InChI is InChI=1S/C24H32N6O6/c1-23(2,3)36-22(32)28-24(4,5)21(31)27-18(15-35-14-16-9-7-6-8-10-16)20(26)29-13-17(30(33)34)11-12-19(29)25/h6-13,18,25-26H,14-15H2,1-5H3,(H,27,31)(H,28,32)/t18-/m1/s1. The molecule has 12 heteroatoms. The summed E-state index contributed by atoms with van der Waals surface area (Å²) in [5, 5.41) is 33.1. The van der Waals surface area contributed by atoms with Crippen molar-refractivity contribution in [2.24, 2.45) is 0 Å². The number of nitrogens with one attached hydrogen (secondary N) is 4. The lowest BCUT2D eigenvalue weighted by molar-refractivity contribution is -0.385. The monoisotopic (exact) mass is 500 g/mol. The molecule has 2 amide bonds. The predicted octanol–water partition coefficient (Wildman–Crippen LogP) is 2.71. The third kappa shape index (κ3) is 8.31. The zero-order valence-corrected chi connectivity index (χ0v) is 21.0. The number of benzene rings is 1. The fourth-order valence-corrected chi connectivity index (χ4v) is 2.98. The number of hydrogen-bond acceptors (Lipinski definition) is 8. The molecule has 0 aliphatic carbocycles. The number of amides is 2. The smallest absolute Gasteiger partial charge is 0.408 e. The molecule has 0 saturated carbocycles. The molecule has 0 spiro atoms. The Labute approximate surface area is 208 Å². The first-order valence-corrected chi connectivity index (χ1v) is 11.1. The molecule has 2 aromatic rings. The van der Waals surface area contributed by atoms with Crippen LogP contribution < -0.4 is 16.1 Å². The van der Waals surface area contributed by atoms with Crippen LogP contribution in [0.4, 0.5) is 10.5 Å². The summed E-state index contributed by atoms with van der Waals surface area (Å²) in [4.78, 5) is 35.9. The second-order valence-electron chi connectivity index (χ2n) is 9.56. The van der Waals surface area contributed by atoms with Crippen molar-refractivity contribution in [3.8, 4) is 0 Å². The molecule has 2 rings (SSSR count). The van der Waals surface area contributed by atoms with Gasteiger partial charge in [0, 0.05) is 6.07 Å². The number of nitro groups is 1. The third-order valence-corrected chi connectivity index (χ3v) is 4.82. The molecule has 4 N–H and O–H groups in total. The first-order chi connectivity index (χ1) is 16.7. The van der Waals surface area contributed by atoms with Gasteiger partial charge < -0.3 is 20.1 Å². The number of alkyl carbamates (subject to hydrolysis) is 1. The Morgan fingerprint density at radius 3 is 2.33 bits per heavy atom. The van der Waals surface area contributed by atoms with Crippen LogP contribution in [0.15, 0.2) is 48.7 Å². The summed E-state index contributed by atoms with van der Waals surface area (Å²) in [6.07, 6.45) is 0.238. The lowest BCUT2D eigenvalue weighted by atomic mass is 10.0. The molecule has 0 saturated heterocycles. The molecule has 0 aliphatic rings. The van der Waals surface area contributed by atoms with E-state index in [4.69, 9.17) is 20.3 Å². The van der Waals surface area contributed by atoms with Crippen LogP contribution in [0.5, 0.6) is 0 Å². The van der Waals surface area contributed by atoms with Gasteiger partial charge in [-0.25, -0.2) is 4.79 Å². The van der Waals surface area contributed by atoms with Crippen molar-refractivity contribution in [1.29, 1.82) is 10.8 Å². The van der Waals surface area contributed by atoms with E-state index in [0.29, 0.717) is 0 Å². The zero-order valence-electron chi connectivity index (χ0n) is 21.0. The molecule has 0 unspecified atom stereocenters. The average molecular weight is 501 g/mol. The van der Waals surface area contributed by atoms with Gasteiger partial charge in [-0.05, 0) is 46.2 Å². The summed E-state index contributed by atoms with van der Waals surface area (Å²) < 4.78 is 11.9. The Morgan fingerprint density at radius 1 is 1.11 bits per heavy atom. The Morgan fingerprint density at radius 2 is 1.75 bits per heavy atom. The molecular weight excluding hydrogens is 468 g/mol.